The number of nitrogens with one attached hydrogen (secondary N) is 2. The van der Waals surface area contributed by atoms with Gasteiger partial charge in [-0.3, -0.25) is 9.59 Å². The van der Waals surface area contributed by atoms with Crippen molar-refractivity contribution in [3.8, 4) is 0 Å². The standard InChI is InChI=1S/C16H14BrN3O2/c1-11-6-2-5-9-14(11)19-15(21)16(22)20-18-10-12-7-3-4-8-13(12)17/h2-10H,1H3,(H,19,21)(H,20,22). The van der Waals surface area contributed by atoms with E-state index >= 15 is 0 Å². The molecular weight excluding hydrogens is 346 g/mol. The predicted molar refractivity (Wildman–Crippen MR) is 89.7 cm³/mol. The van der Waals surface area contributed by atoms with Crippen molar-refractivity contribution < 1.29 is 9.59 Å². The van der Waals surface area contributed by atoms with Crippen LogP contribution in [0.4, 0.5) is 5.69 Å². The minimum absolute atomic E-state index is 0.595. The number of rotatable bonds is 3. The lowest BCUT2D eigenvalue weighted by molar-refractivity contribution is -0.136. The molecule has 0 aliphatic carbocycles. The molecule has 2 amide bonds. The van der Waals surface area contributed by atoms with Crippen molar-refractivity contribution in [1.82, 2.24) is 5.43 Å². The average Bonchev–Trinajstić information content (AvgIpc) is 2.51. The fourth-order valence-corrected chi connectivity index (χ4v) is 2.07. The first-order valence-corrected chi connectivity index (χ1v) is 7.32. The number of hydrazone groups is 1. The molecule has 5 nitrogen and oxygen atoms in total. The highest BCUT2D eigenvalue weighted by Crippen LogP contribution is 2.13. The summed E-state index contributed by atoms with van der Waals surface area (Å²) in [5.41, 5.74) is 4.46. The van der Waals surface area contributed by atoms with E-state index in [1.807, 2.05) is 43.3 Å². The van der Waals surface area contributed by atoms with Gasteiger partial charge in [-0.1, -0.05) is 52.3 Å². The van der Waals surface area contributed by atoms with Gasteiger partial charge in [-0.15, -0.1) is 0 Å². The van der Waals surface area contributed by atoms with Crippen LogP contribution in [-0.2, 0) is 9.59 Å². The van der Waals surface area contributed by atoms with Crippen LogP contribution in [0.15, 0.2) is 58.1 Å². The molecule has 0 bridgehead atoms. The van der Waals surface area contributed by atoms with E-state index in [0.29, 0.717) is 5.69 Å². The maximum absolute atomic E-state index is 11.8. The Kier molecular flexibility index (Phi) is 5.43. The molecule has 6 heteroatoms. The van der Waals surface area contributed by atoms with Crippen LogP contribution in [0.2, 0.25) is 0 Å². The summed E-state index contributed by atoms with van der Waals surface area (Å²) in [6, 6.07) is 14.6. The Labute approximate surface area is 136 Å². The molecule has 0 saturated heterocycles. The lowest BCUT2D eigenvalue weighted by Crippen LogP contribution is -2.32. The van der Waals surface area contributed by atoms with E-state index in [2.05, 4.69) is 31.8 Å². The highest BCUT2D eigenvalue weighted by molar-refractivity contribution is 9.10. The monoisotopic (exact) mass is 359 g/mol. The van der Waals surface area contributed by atoms with Gasteiger partial charge in [0.2, 0.25) is 0 Å². The van der Waals surface area contributed by atoms with E-state index in [4.69, 9.17) is 0 Å². The zero-order valence-corrected chi connectivity index (χ0v) is 13.4. The third-order valence-electron chi connectivity index (χ3n) is 2.87. The molecule has 2 rings (SSSR count). The average molecular weight is 360 g/mol. The fraction of sp³-hybridized carbons (Fsp3) is 0.0625. The molecule has 112 valence electrons. The summed E-state index contributed by atoms with van der Waals surface area (Å²) in [5.74, 6) is -1.59. The minimum atomic E-state index is -0.827. The van der Waals surface area contributed by atoms with Crippen LogP contribution < -0.4 is 10.7 Å². The number of amides is 2. The van der Waals surface area contributed by atoms with E-state index in [1.54, 1.807) is 12.1 Å². The Morgan fingerprint density at radius 2 is 1.73 bits per heavy atom. The predicted octanol–water partition coefficient (Wildman–Crippen LogP) is 2.85. The molecule has 0 unspecified atom stereocenters. The third-order valence-corrected chi connectivity index (χ3v) is 3.60. The second-order valence-electron chi connectivity index (χ2n) is 4.49. The van der Waals surface area contributed by atoms with Crippen LogP contribution in [0, 0.1) is 6.92 Å². The second kappa shape index (κ2) is 7.51. The van der Waals surface area contributed by atoms with Gasteiger partial charge in [0.05, 0.1) is 6.21 Å². The molecular formula is C16H14BrN3O2. The minimum Gasteiger partial charge on any atom is -0.317 e. The van der Waals surface area contributed by atoms with Gasteiger partial charge >= 0.3 is 11.8 Å². The van der Waals surface area contributed by atoms with Gasteiger partial charge in [0.15, 0.2) is 0 Å². The molecule has 0 aliphatic heterocycles. The quantitative estimate of drug-likeness (QED) is 0.502. The molecule has 0 fully saturated rings. The van der Waals surface area contributed by atoms with Crippen LogP contribution in [0.1, 0.15) is 11.1 Å². The summed E-state index contributed by atoms with van der Waals surface area (Å²) < 4.78 is 0.845. The first kappa shape index (κ1) is 15.9. The van der Waals surface area contributed by atoms with E-state index in [9.17, 15) is 9.59 Å². The summed E-state index contributed by atoms with van der Waals surface area (Å²) in [6.07, 6.45) is 1.46. The van der Waals surface area contributed by atoms with Crippen LogP contribution in [0.3, 0.4) is 0 Å². The Balaban J connectivity index is 1.94. The number of anilines is 1. The summed E-state index contributed by atoms with van der Waals surface area (Å²) in [6.45, 7) is 1.85. The molecule has 0 aromatic heterocycles. The van der Waals surface area contributed by atoms with E-state index in [0.717, 1.165) is 15.6 Å². The van der Waals surface area contributed by atoms with Crippen LogP contribution in [0.5, 0.6) is 0 Å². The third kappa shape index (κ3) is 4.26. The number of para-hydroxylation sites is 1. The highest BCUT2D eigenvalue weighted by atomic mass is 79.9. The summed E-state index contributed by atoms with van der Waals surface area (Å²) in [4.78, 5) is 23.5. The fourth-order valence-electron chi connectivity index (χ4n) is 1.68. The van der Waals surface area contributed by atoms with Crippen molar-refractivity contribution in [3.63, 3.8) is 0 Å². The van der Waals surface area contributed by atoms with E-state index < -0.39 is 11.8 Å². The molecule has 0 aliphatic rings. The van der Waals surface area contributed by atoms with E-state index in [1.165, 1.54) is 6.21 Å². The lowest BCUT2D eigenvalue weighted by atomic mass is 10.2. The Morgan fingerprint density at radius 1 is 1.05 bits per heavy atom. The van der Waals surface area contributed by atoms with Crippen molar-refractivity contribution in [2.75, 3.05) is 5.32 Å². The highest BCUT2D eigenvalue weighted by Gasteiger charge is 2.13. The van der Waals surface area contributed by atoms with Gasteiger partial charge in [0, 0.05) is 15.7 Å². The zero-order chi connectivity index (χ0) is 15.9. The largest absolute Gasteiger partial charge is 0.329 e. The van der Waals surface area contributed by atoms with E-state index in [-0.39, 0.29) is 0 Å². The molecule has 0 atom stereocenters. The second-order valence-corrected chi connectivity index (χ2v) is 5.34. The Bertz CT molecular complexity index is 729. The molecule has 2 aromatic rings. The zero-order valence-electron chi connectivity index (χ0n) is 11.8. The molecule has 0 heterocycles. The van der Waals surface area contributed by atoms with Crippen molar-refractivity contribution in [2.24, 2.45) is 5.10 Å². The van der Waals surface area contributed by atoms with Gasteiger partial charge in [-0.25, -0.2) is 5.43 Å². The van der Waals surface area contributed by atoms with Crippen molar-refractivity contribution in [1.29, 1.82) is 0 Å². The SMILES string of the molecule is Cc1ccccc1NC(=O)C(=O)NN=Cc1ccccc1Br. The number of hydrogen-bond acceptors (Lipinski definition) is 3. The number of carbonyl (C=O) groups excluding carboxylic acids is 2. The summed E-state index contributed by atoms with van der Waals surface area (Å²) in [5, 5.41) is 6.31. The van der Waals surface area contributed by atoms with Gasteiger partial charge in [-0.05, 0) is 24.6 Å². The molecule has 2 aromatic carbocycles. The maximum Gasteiger partial charge on any atom is 0.329 e. The number of carbonyl (C=O) groups is 2. The molecule has 0 radical (unpaired) electrons. The first-order chi connectivity index (χ1) is 10.6. The Morgan fingerprint density at radius 3 is 2.45 bits per heavy atom. The molecule has 22 heavy (non-hydrogen) atoms. The maximum atomic E-state index is 11.8. The van der Waals surface area contributed by atoms with Crippen molar-refractivity contribution in [3.05, 3.63) is 64.1 Å². The van der Waals surface area contributed by atoms with Gasteiger partial charge in [0.25, 0.3) is 0 Å². The number of benzene rings is 2. The normalized spacial score (nSPS) is 10.5. The number of aryl methyl sites for hydroxylation is 1. The van der Waals surface area contributed by atoms with Gasteiger partial charge < -0.3 is 5.32 Å². The lowest BCUT2D eigenvalue weighted by Gasteiger charge is -2.06. The number of hydrogen-bond donors (Lipinski definition) is 2. The van der Waals surface area contributed by atoms with Crippen LogP contribution >= 0.6 is 15.9 Å². The topological polar surface area (TPSA) is 70.6 Å². The number of nitrogens with zero attached hydrogens (tertiary/aromatic N) is 1. The summed E-state index contributed by atoms with van der Waals surface area (Å²) in [7, 11) is 0. The molecule has 0 spiro atoms. The smallest absolute Gasteiger partial charge is 0.317 e. The first-order valence-electron chi connectivity index (χ1n) is 6.52. The summed E-state index contributed by atoms with van der Waals surface area (Å²) >= 11 is 3.36. The Hall–Kier alpha value is -2.47. The molecule has 2 N–H and O–H groups in total. The van der Waals surface area contributed by atoms with Crippen LogP contribution in [0.25, 0.3) is 0 Å². The van der Waals surface area contributed by atoms with Crippen molar-refractivity contribution >= 4 is 39.6 Å². The van der Waals surface area contributed by atoms with Gasteiger partial charge in [0.1, 0.15) is 0 Å². The number of halogens is 1. The van der Waals surface area contributed by atoms with Crippen molar-refractivity contribution in [2.45, 2.75) is 6.92 Å². The van der Waals surface area contributed by atoms with Gasteiger partial charge in [-0.2, -0.15) is 5.10 Å². The van der Waals surface area contributed by atoms with Crippen LogP contribution in [-0.4, -0.2) is 18.0 Å². The molecule has 0 saturated carbocycles.